The third-order valence-electron chi connectivity index (χ3n) is 16.6. The second kappa shape index (κ2) is 29.0. The van der Waals surface area contributed by atoms with E-state index >= 15 is 24.0 Å². The van der Waals surface area contributed by atoms with Crippen LogP contribution in [0.3, 0.4) is 0 Å². The Labute approximate surface area is 602 Å². The highest BCUT2D eigenvalue weighted by molar-refractivity contribution is 9.09. The fraction of sp³-hybridized carbons (Fsp3) is 0.208. The molecular formula is C72H60BrCl2N7O21. The van der Waals surface area contributed by atoms with Crippen LogP contribution < -0.4 is 56.2 Å². The minimum absolute atomic E-state index is 0.00558. The van der Waals surface area contributed by atoms with Crippen LogP contribution in [0.15, 0.2) is 146 Å². The van der Waals surface area contributed by atoms with Crippen molar-refractivity contribution in [2.75, 3.05) is 11.9 Å². The van der Waals surface area contributed by atoms with Crippen LogP contribution in [0.5, 0.6) is 69.0 Å². The van der Waals surface area contributed by atoms with Gasteiger partial charge in [-0.15, -0.1) is 0 Å². The Kier molecular flexibility index (Phi) is 20.0. The van der Waals surface area contributed by atoms with Crippen molar-refractivity contribution in [2.45, 2.75) is 81.2 Å². The standard InChI is InChI=1S/C72H60BrCl2N7O21/c1-72(2,3)103-71(97)82-56-34-11-14-47(86)51(25-34)99-40-22-36(21-38(83)28-40)57-66(92)79-58-37-26-52(100-49-15-9-31(19-43(49)74)20-45(63(89)77-57)76-64(56)90)62(98-18-17-73)53(27-37)101-50-16-12-35(24-44(50)75)61(88)60-68(94)80-59(70(96)102-69(95)32-7-5-4-6-8-32)42-29-39(84)30-48(87)54(42)41-23-33(10-13-46(41)85)55(65(91)81-60)78-67(58)93/h4-16,19,21-30,45,55-61,83-88H,17-18,20H2,1-3H3,(H,76,90)(H,77,89)(H,78,93)(H,79,92)(H,80,94)(H,81,91)(H,82,97)/t45-,55-,56+,57+,58-,59-,60+,61-/m1/s1. The van der Waals surface area contributed by atoms with Crippen LogP contribution in [0.4, 0.5) is 4.79 Å². The molecule has 530 valence electrons. The molecule has 0 aromatic heterocycles. The summed E-state index contributed by atoms with van der Waals surface area (Å²) >= 11 is 17.5. The first-order chi connectivity index (χ1) is 49.1. The molecule has 8 aromatic carbocycles. The van der Waals surface area contributed by atoms with Crippen molar-refractivity contribution in [3.63, 3.8) is 0 Å². The van der Waals surface area contributed by atoms with E-state index in [2.05, 4.69) is 53.1 Å². The van der Waals surface area contributed by atoms with Crippen molar-refractivity contribution in [3.8, 4) is 80.1 Å². The molecule has 0 spiro atoms. The highest BCUT2D eigenvalue weighted by Crippen LogP contribution is 2.49. The van der Waals surface area contributed by atoms with Crippen molar-refractivity contribution in [2.24, 2.45) is 0 Å². The first kappa shape index (κ1) is 71.1. The van der Waals surface area contributed by atoms with Gasteiger partial charge in [0.15, 0.2) is 29.0 Å². The fourth-order valence-corrected chi connectivity index (χ4v) is 12.5. The number of halogens is 3. The quantitative estimate of drug-likeness (QED) is 0.0419. The topological polar surface area (TPSA) is 415 Å². The van der Waals surface area contributed by atoms with Crippen LogP contribution in [-0.2, 0) is 49.5 Å². The van der Waals surface area contributed by atoms with E-state index < -0.39 is 159 Å². The van der Waals surface area contributed by atoms with Gasteiger partial charge >= 0.3 is 18.0 Å². The van der Waals surface area contributed by atoms with Crippen molar-refractivity contribution in [1.29, 1.82) is 0 Å². The third kappa shape index (κ3) is 15.4. The SMILES string of the molecule is CC(C)(C)OC(=O)N[C@@H]1C(=O)N[C@@H]2Cc3ccc(c(Cl)c3)Oc3cc4cc(c3OCCBr)Oc3ccc(cc3Cl)[C@@H](O)[C@@H]3NC(=O)[C@H](NC(=O)[C@@H]4NC(=O)[C@@H](NC2=O)c2cc(O)cc(c2)Oc2cc1ccc2O)c1ccc(O)c(c1)-c1c(O)cc(O)cc1[C@H](C(=O)OC(=O)c1ccccc1)NC3=O. The second-order valence-electron chi connectivity index (χ2n) is 25.0. The Balaban J connectivity index is 1.07. The van der Waals surface area contributed by atoms with Gasteiger partial charge in [0.1, 0.15) is 88.2 Å². The molecule has 0 saturated carbocycles. The normalized spacial score (nSPS) is 20.2. The summed E-state index contributed by atoms with van der Waals surface area (Å²) in [6.07, 6.45) is -3.69. The van der Waals surface area contributed by atoms with Crippen molar-refractivity contribution >= 4 is 92.6 Å². The molecule has 31 heteroatoms. The number of nitrogens with one attached hydrogen (secondary N) is 7. The predicted octanol–water partition coefficient (Wildman–Crippen LogP) is 8.92. The first-order valence-electron chi connectivity index (χ1n) is 31.4. The van der Waals surface area contributed by atoms with E-state index in [-0.39, 0.29) is 101 Å². The lowest BCUT2D eigenvalue weighted by molar-refractivity contribution is -0.144. The largest absolute Gasteiger partial charge is 0.508 e. The average molecular weight is 1510 g/mol. The summed E-state index contributed by atoms with van der Waals surface area (Å²) in [7, 11) is 0. The number of alkyl halides is 1. The fourth-order valence-electron chi connectivity index (χ4n) is 11.8. The van der Waals surface area contributed by atoms with Gasteiger partial charge in [-0.3, -0.25) is 28.8 Å². The molecule has 28 nitrogen and oxygen atoms in total. The molecule has 0 radical (unpaired) electrons. The number of hydrogen-bond donors (Lipinski definition) is 13. The average Bonchev–Trinajstić information content (AvgIpc) is 0.767. The smallest absolute Gasteiger partial charge is 0.408 e. The third-order valence-corrected chi connectivity index (χ3v) is 17.5. The molecule has 0 fully saturated rings. The van der Waals surface area contributed by atoms with Crippen LogP contribution in [0.1, 0.15) is 106 Å². The molecule has 13 N–H and O–H groups in total. The summed E-state index contributed by atoms with van der Waals surface area (Å²) in [4.78, 5) is 135. The Bertz CT molecular complexity index is 4830. The van der Waals surface area contributed by atoms with Gasteiger partial charge in [-0.2, -0.15) is 0 Å². The van der Waals surface area contributed by atoms with Gasteiger partial charge in [-0.1, -0.05) is 81.6 Å². The van der Waals surface area contributed by atoms with Crippen molar-refractivity contribution in [1.82, 2.24) is 37.2 Å². The van der Waals surface area contributed by atoms with Gasteiger partial charge in [-0.25, -0.2) is 14.4 Å². The summed E-state index contributed by atoms with van der Waals surface area (Å²) in [6.45, 7) is 4.62. The molecule has 6 aliphatic heterocycles. The van der Waals surface area contributed by atoms with Crippen LogP contribution in [-0.4, -0.2) is 114 Å². The molecule has 8 atom stereocenters. The first-order valence-corrected chi connectivity index (χ1v) is 33.3. The number of aromatic hydroxyl groups is 5. The highest BCUT2D eigenvalue weighted by Gasteiger charge is 2.43. The number of aliphatic hydroxyl groups is 1. The van der Waals surface area contributed by atoms with Gasteiger partial charge in [0.25, 0.3) is 0 Å². The molecule has 0 aliphatic carbocycles. The van der Waals surface area contributed by atoms with E-state index in [1.165, 1.54) is 84.9 Å². The zero-order chi connectivity index (χ0) is 73.5. The Morgan fingerprint density at radius 2 is 1.17 bits per heavy atom. The van der Waals surface area contributed by atoms with Gasteiger partial charge in [0.2, 0.25) is 41.2 Å². The minimum atomic E-state index is -2.27. The number of amides is 7. The summed E-state index contributed by atoms with van der Waals surface area (Å²) in [6, 6.07) is 15.1. The second-order valence-corrected chi connectivity index (χ2v) is 26.6. The molecule has 0 saturated heterocycles. The molecule has 103 heavy (non-hydrogen) atoms. The number of carbonyl (C=O) groups excluding carboxylic acids is 9. The number of fused-ring (bicyclic) bond motifs is 14. The summed E-state index contributed by atoms with van der Waals surface area (Å²) in [5.74, 6) is -15.4. The van der Waals surface area contributed by atoms with E-state index in [0.717, 1.165) is 54.6 Å². The molecule has 0 unspecified atom stereocenters. The lowest BCUT2D eigenvalue weighted by Crippen LogP contribution is -2.55. The number of hydrogen-bond acceptors (Lipinski definition) is 21. The van der Waals surface area contributed by atoms with E-state index in [4.69, 9.17) is 51.6 Å². The zero-order valence-corrected chi connectivity index (χ0v) is 57.1. The van der Waals surface area contributed by atoms with E-state index in [0.29, 0.717) is 0 Å². The summed E-state index contributed by atoms with van der Waals surface area (Å²) in [5, 5.41) is 87.7. The lowest BCUT2D eigenvalue weighted by atomic mass is 9.89. The van der Waals surface area contributed by atoms with E-state index in [9.17, 15) is 49.8 Å². The number of aliphatic hydroxyl groups excluding tert-OH is 1. The number of rotatable bonds is 6. The van der Waals surface area contributed by atoms with Gasteiger partial charge < -0.3 is 96.3 Å². The Hall–Kier alpha value is -11.8. The Morgan fingerprint density at radius 3 is 1.83 bits per heavy atom. The predicted molar refractivity (Wildman–Crippen MR) is 367 cm³/mol. The van der Waals surface area contributed by atoms with Crippen LogP contribution in [0.25, 0.3) is 11.1 Å². The number of esters is 2. The van der Waals surface area contributed by atoms with Gasteiger partial charge in [0.05, 0.1) is 22.2 Å². The monoisotopic (exact) mass is 1510 g/mol. The molecule has 8 aromatic rings. The lowest BCUT2D eigenvalue weighted by Gasteiger charge is -2.31. The minimum Gasteiger partial charge on any atom is -0.508 e. The zero-order valence-electron chi connectivity index (χ0n) is 54.0. The van der Waals surface area contributed by atoms with Gasteiger partial charge in [0, 0.05) is 40.6 Å². The van der Waals surface area contributed by atoms with Crippen LogP contribution >= 0.6 is 39.1 Å². The number of benzene rings is 8. The molecule has 17 bridgehead atoms. The van der Waals surface area contributed by atoms with Gasteiger partial charge in [-0.05, 0) is 145 Å². The number of carbonyl (C=O) groups is 9. The Morgan fingerprint density at radius 1 is 0.563 bits per heavy atom. The highest BCUT2D eigenvalue weighted by atomic mass is 79.9. The summed E-state index contributed by atoms with van der Waals surface area (Å²) < 4.78 is 36.4. The maximum absolute atomic E-state index is 16.2. The van der Waals surface area contributed by atoms with Crippen molar-refractivity contribution in [3.05, 3.63) is 200 Å². The molecule has 7 amide bonds. The number of alkyl carbamates (subject to hydrolysis) is 1. The maximum atomic E-state index is 16.2. The van der Waals surface area contributed by atoms with E-state index in [1.807, 2.05) is 0 Å². The molecular weight excluding hydrogens is 1450 g/mol. The van der Waals surface area contributed by atoms with Crippen LogP contribution in [0.2, 0.25) is 10.0 Å². The summed E-state index contributed by atoms with van der Waals surface area (Å²) in [5.41, 5.74) is -3.49. The van der Waals surface area contributed by atoms with Crippen molar-refractivity contribution < 1.29 is 102 Å². The van der Waals surface area contributed by atoms with E-state index in [1.54, 1.807) is 26.8 Å². The maximum Gasteiger partial charge on any atom is 0.408 e. The number of phenolic OH excluding ortho intramolecular Hbond substituents is 5. The number of ether oxygens (including phenoxy) is 6. The molecule has 6 aliphatic rings. The molecule has 6 heterocycles. The number of phenols is 5. The molecule has 14 rings (SSSR count). The van der Waals surface area contributed by atoms with Crippen LogP contribution in [0, 0.1) is 0 Å².